The summed E-state index contributed by atoms with van der Waals surface area (Å²) in [5, 5.41) is 15.1. The third-order valence-electron chi connectivity index (χ3n) is 3.84. The number of benzene rings is 2. The van der Waals surface area contributed by atoms with Gasteiger partial charge in [0, 0.05) is 12.1 Å². The van der Waals surface area contributed by atoms with Gasteiger partial charge < -0.3 is 14.8 Å². The number of hydrogen-bond acceptors (Lipinski definition) is 7. The van der Waals surface area contributed by atoms with Crippen molar-refractivity contribution in [1.82, 2.24) is 10.2 Å². The van der Waals surface area contributed by atoms with Crippen molar-refractivity contribution in [1.29, 1.82) is 0 Å². The lowest BCUT2D eigenvalue weighted by atomic mass is 10.1. The van der Waals surface area contributed by atoms with E-state index in [1.54, 1.807) is 12.1 Å². The fraction of sp³-hybridized carbons (Fsp3) is 0.167. The summed E-state index contributed by atoms with van der Waals surface area (Å²) >= 11 is 1.28. The van der Waals surface area contributed by atoms with Gasteiger partial charge >= 0.3 is 0 Å². The maximum Gasteiger partial charge on any atom is 0.257 e. The van der Waals surface area contributed by atoms with Crippen LogP contribution in [0.15, 0.2) is 42.5 Å². The molecule has 132 valence electrons. The Labute approximate surface area is 154 Å². The molecule has 0 atom stereocenters. The summed E-state index contributed by atoms with van der Waals surface area (Å²) in [7, 11) is 0. The van der Waals surface area contributed by atoms with E-state index in [-0.39, 0.29) is 12.7 Å². The normalized spacial score (nSPS) is 12.0. The molecule has 0 bridgehead atoms. The second-order valence-electron chi connectivity index (χ2n) is 5.77. The van der Waals surface area contributed by atoms with E-state index in [1.165, 1.54) is 11.3 Å². The van der Waals surface area contributed by atoms with Crippen LogP contribution in [0, 0.1) is 6.92 Å². The number of fused-ring (bicyclic) bond motifs is 1. The van der Waals surface area contributed by atoms with Crippen LogP contribution in [0.2, 0.25) is 0 Å². The minimum Gasteiger partial charge on any atom is -0.454 e. The van der Waals surface area contributed by atoms with Crippen LogP contribution >= 0.6 is 11.3 Å². The molecule has 1 aliphatic heterocycles. The second-order valence-corrected chi connectivity index (χ2v) is 6.75. The van der Waals surface area contributed by atoms with Crippen molar-refractivity contribution in [2.24, 2.45) is 0 Å². The molecule has 2 N–H and O–H groups in total. The zero-order valence-corrected chi connectivity index (χ0v) is 14.8. The van der Waals surface area contributed by atoms with Crippen molar-refractivity contribution in [3.63, 3.8) is 0 Å². The van der Waals surface area contributed by atoms with E-state index in [4.69, 9.17) is 9.47 Å². The maximum absolute atomic E-state index is 12.2. The summed E-state index contributed by atoms with van der Waals surface area (Å²) in [6.07, 6.45) is 0. The Balaban J connectivity index is 1.35. The van der Waals surface area contributed by atoms with Crippen LogP contribution in [-0.2, 0) is 6.54 Å². The molecule has 2 heterocycles. The maximum atomic E-state index is 12.2. The van der Waals surface area contributed by atoms with Gasteiger partial charge in [0.1, 0.15) is 0 Å². The predicted molar refractivity (Wildman–Crippen MR) is 98.9 cm³/mol. The Hall–Kier alpha value is -3.13. The molecule has 0 radical (unpaired) electrons. The highest BCUT2D eigenvalue weighted by atomic mass is 32.1. The van der Waals surface area contributed by atoms with Crippen molar-refractivity contribution in [3.8, 4) is 11.5 Å². The van der Waals surface area contributed by atoms with Crippen molar-refractivity contribution >= 4 is 27.5 Å². The molecule has 4 rings (SSSR count). The zero-order valence-electron chi connectivity index (χ0n) is 14.0. The molecule has 0 fully saturated rings. The standard InChI is InChI=1S/C18H16N4O3S/c1-11-2-5-13(6-3-11)16(23)20-18-22-21-17(26-18)19-9-12-4-7-14-15(8-12)25-10-24-14/h2-8H,9-10H2,1H3,(H,19,21)(H,20,22,23). The Bertz CT molecular complexity index is 940. The topological polar surface area (TPSA) is 85.4 Å². The lowest BCUT2D eigenvalue weighted by molar-refractivity contribution is 0.102. The van der Waals surface area contributed by atoms with Gasteiger partial charge in [0.05, 0.1) is 0 Å². The van der Waals surface area contributed by atoms with Gasteiger partial charge in [0.25, 0.3) is 5.91 Å². The fourth-order valence-electron chi connectivity index (χ4n) is 2.45. The summed E-state index contributed by atoms with van der Waals surface area (Å²) in [6.45, 7) is 2.80. The van der Waals surface area contributed by atoms with E-state index < -0.39 is 0 Å². The van der Waals surface area contributed by atoms with Crippen LogP contribution in [0.3, 0.4) is 0 Å². The first kappa shape index (κ1) is 16.3. The molecule has 0 spiro atoms. The van der Waals surface area contributed by atoms with Crippen LogP contribution < -0.4 is 20.1 Å². The van der Waals surface area contributed by atoms with Crippen LogP contribution in [0.4, 0.5) is 10.3 Å². The summed E-state index contributed by atoms with van der Waals surface area (Å²) in [5.74, 6) is 1.29. The molecule has 7 nitrogen and oxygen atoms in total. The number of aromatic nitrogens is 2. The molecule has 2 aromatic carbocycles. The Morgan fingerprint density at radius 3 is 2.69 bits per heavy atom. The highest BCUT2D eigenvalue weighted by molar-refractivity contribution is 7.19. The van der Waals surface area contributed by atoms with Gasteiger partial charge in [-0.25, -0.2) is 0 Å². The van der Waals surface area contributed by atoms with Gasteiger partial charge in [0.15, 0.2) is 11.5 Å². The first-order valence-corrected chi connectivity index (χ1v) is 8.83. The molecular weight excluding hydrogens is 352 g/mol. The van der Waals surface area contributed by atoms with Crippen LogP contribution in [-0.4, -0.2) is 22.9 Å². The van der Waals surface area contributed by atoms with Crippen molar-refractivity contribution in [2.45, 2.75) is 13.5 Å². The van der Waals surface area contributed by atoms with Gasteiger partial charge in [-0.05, 0) is 36.8 Å². The molecular formula is C18H16N4O3S. The number of amides is 1. The average Bonchev–Trinajstić information content (AvgIpc) is 3.29. The summed E-state index contributed by atoms with van der Waals surface area (Å²) in [4.78, 5) is 12.2. The lowest BCUT2D eigenvalue weighted by Crippen LogP contribution is -2.11. The van der Waals surface area contributed by atoms with E-state index in [1.807, 2.05) is 37.3 Å². The van der Waals surface area contributed by atoms with Gasteiger partial charge in [-0.1, -0.05) is 35.1 Å². The third-order valence-corrected chi connectivity index (χ3v) is 4.64. The molecule has 1 aromatic heterocycles. The van der Waals surface area contributed by atoms with E-state index in [0.29, 0.717) is 22.4 Å². The smallest absolute Gasteiger partial charge is 0.257 e. The molecule has 0 aliphatic carbocycles. The van der Waals surface area contributed by atoms with Gasteiger partial charge in [-0.2, -0.15) is 0 Å². The van der Waals surface area contributed by atoms with Crippen molar-refractivity contribution < 1.29 is 14.3 Å². The van der Waals surface area contributed by atoms with Crippen LogP contribution in [0.1, 0.15) is 21.5 Å². The van der Waals surface area contributed by atoms with Gasteiger partial charge in [-0.15, -0.1) is 10.2 Å². The minimum absolute atomic E-state index is 0.205. The van der Waals surface area contributed by atoms with Gasteiger partial charge in [-0.3, -0.25) is 10.1 Å². The average molecular weight is 368 g/mol. The second kappa shape index (κ2) is 7.01. The van der Waals surface area contributed by atoms with Crippen LogP contribution in [0.5, 0.6) is 11.5 Å². The molecule has 0 saturated heterocycles. The largest absolute Gasteiger partial charge is 0.454 e. The molecule has 1 amide bonds. The van der Waals surface area contributed by atoms with Crippen molar-refractivity contribution in [2.75, 3.05) is 17.4 Å². The minimum atomic E-state index is -0.205. The monoisotopic (exact) mass is 368 g/mol. The van der Waals surface area contributed by atoms with E-state index in [2.05, 4.69) is 20.8 Å². The number of rotatable bonds is 5. The fourth-order valence-corrected chi connectivity index (χ4v) is 3.08. The zero-order chi connectivity index (χ0) is 17.9. The number of carbonyl (C=O) groups excluding carboxylic acids is 1. The number of anilines is 2. The highest BCUT2D eigenvalue weighted by Gasteiger charge is 2.14. The molecule has 26 heavy (non-hydrogen) atoms. The number of nitrogens with one attached hydrogen (secondary N) is 2. The quantitative estimate of drug-likeness (QED) is 0.718. The van der Waals surface area contributed by atoms with E-state index >= 15 is 0 Å². The SMILES string of the molecule is Cc1ccc(C(=O)Nc2nnc(NCc3ccc4c(c3)OCO4)s2)cc1. The number of aryl methyl sites for hydroxylation is 1. The Kier molecular flexibility index (Phi) is 4.40. The molecule has 3 aromatic rings. The van der Waals surface area contributed by atoms with Crippen LogP contribution in [0.25, 0.3) is 0 Å². The molecule has 0 saturated carbocycles. The summed E-state index contributed by atoms with van der Waals surface area (Å²) in [6, 6.07) is 13.1. The van der Waals surface area contributed by atoms with E-state index in [9.17, 15) is 4.79 Å². The van der Waals surface area contributed by atoms with Gasteiger partial charge in [0.2, 0.25) is 17.1 Å². The number of nitrogens with zero attached hydrogens (tertiary/aromatic N) is 2. The first-order valence-electron chi connectivity index (χ1n) is 8.01. The molecule has 0 unspecified atom stereocenters. The highest BCUT2D eigenvalue weighted by Crippen LogP contribution is 2.32. The first-order chi connectivity index (χ1) is 12.7. The summed E-state index contributed by atoms with van der Waals surface area (Å²) in [5.41, 5.74) is 2.72. The molecule has 8 heteroatoms. The number of ether oxygens (including phenoxy) is 2. The summed E-state index contributed by atoms with van der Waals surface area (Å²) < 4.78 is 10.7. The predicted octanol–water partition coefficient (Wildman–Crippen LogP) is 3.44. The van der Waals surface area contributed by atoms with E-state index in [0.717, 1.165) is 22.6 Å². The number of carbonyl (C=O) groups is 1. The Morgan fingerprint density at radius 1 is 1.08 bits per heavy atom. The Morgan fingerprint density at radius 2 is 1.85 bits per heavy atom. The third kappa shape index (κ3) is 3.60. The van der Waals surface area contributed by atoms with Crippen molar-refractivity contribution in [3.05, 3.63) is 59.2 Å². The number of hydrogen-bond donors (Lipinski definition) is 2. The molecule has 1 aliphatic rings. The lowest BCUT2D eigenvalue weighted by Gasteiger charge is -2.03.